The summed E-state index contributed by atoms with van der Waals surface area (Å²) in [6, 6.07) is 7.76. The predicted molar refractivity (Wildman–Crippen MR) is 67.8 cm³/mol. The van der Waals surface area contributed by atoms with E-state index in [2.05, 4.69) is 5.32 Å². The van der Waals surface area contributed by atoms with Crippen molar-refractivity contribution in [3.8, 4) is 5.75 Å². The van der Waals surface area contributed by atoms with E-state index in [-0.39, 0.29) is 6.42 Å². The summed E-state index contributed by atoms with van der Waals surface area (Å²) in [6.45, 7) is 0.992. The van der Waals surface area contributed by atoms with Crippen molar-refractivity contribution in [2.24, 2.45) is 0 Å². The normalized spacial score (nSPS) is 12.1. The van der Waals surface area contributed by atoms with Crippen molar-refractivity contribution < 1.29 is 19.7 Å². The molecule has 0 spiro atoms. The molecule has 18 heavy (non-hydrogen) atoms. The van der Waals surface area contributed by atoms with E-state index in [0.29, 0.717) is 13.1 Å². The van der Waals surface area contributed by atoms with Gasteiger partial charge in [-0.05, 0) is 30.7 Å². The second kappa shape index (κ2) is 7.68. The number of carboxylic acid groups (broad SMARTS) is 1. The van der Waals surface area contributed by atoms with Gasteiger partial charge in [-0.3, -0.25) is 4.79 Å². The smallest absolute Gasteiger partial charge is 0.306 e. The van der Waals surface area contributed by atoms with Crippen molar-refractivity contribution in [1.82, 2.24) is 5.32 Å². The maximum absolute atomic E-state index is 10.3. The van der Waals surface area contributed by atoms with Crippen LogP contribution >= 0.6 is 0 Å². The van der Waals surface area contributed by atoms with Crippen molar-refractivity contribution in [2.75, 3.05) is 20.2 Å². The number of benzene rings is 1. The van der Waals surface area contributed by atoms with Crippen LogP contribution in [0.5, 0.6) is 5.75 Å². The summed E-state index contributed by atoms with van der Waals surface area (Å²) in [5, 5.41) is 20.8. The molecule has 1 aromatic rings. The summed E-state index contributed by atoms with van der Waals surface area (Å²) in [6.07, 6.45) is -0.238. The van der Waals surface area contributed by atoms with Gasteiger partial charge < -0.3 is 20.3 Å². The van der Waals surface area contributed by atoms with E-state index in [1.54, 1.807) is 7.11 Å². The fraction of sp³-hybridized carbons (Fsp3) is 0.462. The van der Waals surface area contributed by atoms with E-state index in [0.717, 1.165) is 17.7 Å². The molecule has 0 aromatic heterocycles. The highest BCUT2D eigenvalue weighted by molar-refractivity contribution is 5.67. The van der Waals surface area contributed by atoms with Crippen LogP contribution in [0.15, 0.2) is 24.3 Å². The van der Waals surface area contributed by atoms with Crippen LogP contribution in [0.1, 0.15) is 12.0 Å². The van der Waals surface area contributed by atoms with E-state index in [4.69, 9.17) is 9.84 Å². The molecular weight excluding hydrogens is 234 g/mol. The summed E-state index contributed by atoms with van der Waals surface area (Å²) in [4.78, 5) is 10.3. The lowest BCUT2D eigenvalue weighted by molar-refractivity contribution is -0.139. The van der Waals surface area contributed by atoms with Gasteiger partial charge in [-0.15, -0.1) is 0 Å². The third-order valence-corrected chi connectivity index (χ3v) is 2.54. The molecule has 0 amide bonds. The number of carboxylic acids is 1. The summed E-state index contributed by atoms with van der Waals surface area (Å²) in [5.41, 5.74) is 1.16. The van der Waals surface area contributed by atoms with Gasteiger partial charge in [-0.25, -0.2) is 0 Å². The van der Waals surface area contributed by atoms with Crippen LogP contribution in [0.4, 0.5) is 0 Å². The van der Waals surface area contributed by atoms with Crippen LogP contribution in [-0.4, -0.2) is 42.5 Å². The van der Waals surface area contributed by atoms with Gasteiger partial charge >= 0.3 is 5.97 Å². The molecule has 1 unspecified atom stereocenters. The van der Waals surface area contributed by atoms with E-state index in [1.165, 1.54) is 0 Å². The molecule has 100 valence electrons. The number of ether oxygens (including phenoxy) is 1. The van der Waals surface area contributed by atoms with Gasteiger partial charge in [-0.2, -0.15) is 0 Å². The predicted octanol–water partition coefficient (Wildman–Crippen LogP) is 0.663. The van der Waals surface area contributed by atoms with Crippen LogP contribution < -0.4 is 10.1 Å². The van der Waals surface area contributed by atoms with Crippen molar-refractivity contribution in [2.45, 2.75) is 18.9 Å². The molecule has 5 nitrogen and oxygen atoms in total. The highest BCUT2D eigenvalue weighted by atomic mass is 16.5. The topological polar surface area (TPSA) is 78.8 Å². The minimum Gasteiger partial charge on any atom is -0.497 e. The first kappa shape index (κ1) is 14.5. The number of nitrogens with one attached hydrogen (secondary N) is 1. The van der Waals surface area contributed by atoms with Crippen molar-refractivity contribution >= 4 is 5.97 Å². The molecule has 1 atom stereocenters. The maximum Gasteiger partial charge on any atom is 0.306 e. The van der Waals surface area contributed by atoms with Gasteiger partial charge in [0, 0.05) is 6.54 Å². The molecule has 0 aliphatic heterocycles. The fourth-order valence-electron chi connectivity index (χ4n) is 1.57. The number of aliphatic carboxylic acids is 1. The van der Waals surface area contributed by atoms with E-state index in [9.17, 15) is 9.90 Å². The Morgan fingerprint density at radius 1 is 1.39 bits per heavy atom. The first-order valence-corrected chi connectivity index (χ1v) is 5.85. The lowest BCUT2D eigenvalue weighted by Gasteiger charge is -2.09. The molecule has 0 heterocycles. The molecule has 1 rings (SSSR count). The van der Waals surface area contributed by atoms with Gasteiger partial charge in [-0.1, -0.05) is 12.1 Å². The van der Waals surface area contributed by atoms with Gasteiger partial charge in [0.15, 0.2) is 0 Å². The third kappa shape index (κ3) is 5.65. The van der Waals surface area contributed by atoms with Gasteiger partial charge in [0.1, 0.15) is 5.75 Å². The monoisotopic (exact) mass is 253 g/mol. The molecule has 0 bridgehead atoms. The zero-order valence-corrected chi connectivity index (χ0v) is 10.4. The average molecular weight is 253 g/mol. The van der Waals surface area contributed by atoms with E-state index in [1.807, 2.05) is 24.3 Å². The summed E-state index contributed by atoms with van der Waals surface area (Å²) >= 11 is 0. The Hall–Kier alpha value is -1.59. The Balaban J connectivity index is 2.19. The summed E-state index contributed by atoms with van der Waals surface area (Å²) < 4.78 is 5.06. The molecule has 0 aliphatic carbocycles. The van der Waals surface area contributed by atoms with Crippen molar-refractivity contribution in [1.29, 1.82) is 0 Å². The number of aliphatic hydroxyl groups is 1. The highest BCUT2D eigenvalue weighted by Gasteiger charge is 2.08. The number of methoxy groups -OCH3 is 1. The maximum atomic E-state index is 10.3. The van der Waals surface area contributed by atoms with E-state index < -0.39 is 12.1 Å². The Morgan fingerprint density at radius 2 is 2.06 bits per heavy atom. The lowest BCUT2D eigenvalue weighted by atomic mass is 10.1. The van der Waals surface area contributed by atoms with Crippen LogP contribution in [-0.2, 0) is 11.2 Å². The van der Waals surface area contributed by atoms with Gasteiger partial charge in [0.25, 0.3) is 0 Å². The molecule has 0 saturated carbocycles. The summed E-state index contributed by atoms with van der Waals surface area (Å²) in [7, 11) is 1.63. The van der Waals surface area contributed by atoms with Crippen molar-refractivity contribution in [3.05, 3.63) is 29.8 Å². The molecule has 3 N–H and O–H groups in total. The summed E-state index contributed by atoms with van der Waals surface area (Å²) in [5.74, 6) is -0.164. The molecule has 0 fully saturated rings. The van der Waals surface area contributed by atoms with Gasteiger partial charge in [0.2, 0.25) is 0 Å². The number of rotatable bonds is 8. The Bertz CT molecular complexity index is 364. The Labute approximate surface area is 106 Å². The molecule has 0 aliphatic rings. The van der Waals surface area contributed by atoms with Gasteiger partial charge in [0.05, 0.1) is 19.6 Å². The van der Waals surface area contributed by atoms with Crippen LogP contribution in [0.2, 0.25) is 0 Å². The number of hydrogen-bond acceptors (Lipinski definition) is 4. The molecule has 5 heteroatoms. The molecule has 0 radical (unpaired) electrons. The second-order valence-corrected chi connectivity index (χ2v) is 4.05. The first-order chi connectivity index (χ1) is 8.61. The van der Waals surface area contributed by atoms with Crippen LogP contribution in [0.3, 0.4) is 0 Å². The molecule has 1 aromatic carbocycles. The Morgan fingerprint density at radius 3 is 2.61 bits per heavy atom. The molecule has 0 saturated heterocycles. The fourth-order valence-corrected chi connectivity index (χ4v) is 1.57. The quantitative estimate of drug-likeness (QED) is 0.593. The number of carbonyl (C=O) groups is 1. The number of hydrogen-bond donors (Lipinski definition) is 3. The average Bonchev–Trinajstić information content (AvgIpc) is 2.34. The molecular formula is C13H19NO4. The number of aliphatic hydroxyl groups excluding tert-OH is 1. The zero-order chi connectivity index (χ0) is 13.4. The van der Waals surface area contributed by atoms with Crippen LogP contribution in [0, 0.1) is 0 Å². The third-order valence-electron chi connectivity index (χ3n) is 2.54. The zero-order valence-electron chi connectivity index (χ0n) is 10.4. The first-order valence-electron chi connectivity index (χ1n) is 5.85. The second-order valence-electron chi connectivity index (χ2n) is 4.05. The van der Waals surface area contributed by atoms with E-state index >= 15 is 0 Å². The van der Waals surface area contributed by atoms with Crippen molar-refractivity contribution in [3.63, 3.8) is 0 Å². The Kier molecular flexibility index (Phi) is 6.18. The SMILES string of the molecule is COc1ccc(CCNCC(O)CC(=O)O)cc1. The van der Waals surface area contributed by atoms with Crippen LogP contribution in [0.25, 0.3) is 0 Å². The minimum atomic E-state index is -0.987. The standard InChI is InChI=1S/C13H19NO4/c1-18-12-4-2-10(3-5-12)6-7-14-9-11(15)8-13(16)17/h2-5,11,14-15H,6-9H2,1H3,(H,16,17). The lowest BCUT2D eigenvalue weighted by Crippen LogP contribution is -2.30. The highest BCUT2D eigenvalue weighted by Crippen LogP contribution is 2.11. The largest absolute Gasteiger partial charge is 0.497 e. The minimum absolute atomic E-state index is 0.227.